The van der Waals surface area contributed by atoms with Gasteiger partial charge in [-0.2, -0.15) is 0 Å². The average molecular weight is 464 g/mol. The maximum atomic E-state index is 13.7. The molecule has 2 aliphatic carbocycles. The molecule has 1 amide bonds. The Morgan fingerprint density at radius 2 is 1.65 bits per heavy atom. The normalized spacial score (nSPS) is 21.8. The first-order chi connectivity index (χ1) is 16.2. The van der Waals surface area contributed by atoms with E-state index in [0.29, 0.717) is 28.7 Å². The highest BCUT2D eigenvalue weighted by Gasteiger charge is 2.33. The van der Waals surface area contributed by atoms with Gasteiger partial charge in [0.1, 0.15) is 11.2 Å². The number of carboxylic acid groups (broad SMARTS) is 1. The quantitative estimate of drug-likeness (QED) is 0.448. The molecule has 2 saturated carbocycles. The fraction of sp³-hybridized carbons (Fsp3) is 0.500. The standard InChI is InChI=1S/C28H33NO5/c1-15(2)29(27(31)18-6-4-16(3)5-7-18)23-13-21-20-12-19(26(30)17-8-9-17)10-11-24(20)34-25(21)14-22(23)28(32)33/h10-18,26,30H,4-9H2,1-3H3,(H,32,33). The molecule has 6 nitrogen and oxygen atoms in total. The predicted molar refractivity (Wildman–Crippen MR) is 132 cm³/mol. The minimum absolute atomic E-state index is 0.00129. The van der Waals surface area contributed by atoms with Crippen molar-refractivity contribution in [3.05, 3.63) is 41.5 Å². The maximum absolute atomic E-state index is 13.7. The highest BCUT2D eigenvalue weighted by atomic mass is 16.4. The summed E-state index contributed by atoms with van der Waals surface area (Å²) in [5.74, 6) is -0.242. The average Bonchev–Trinajstić information content (AvgIpc) is 3.59. The molecule has 2 aliphatic rings. The molecule has 180 valence electrons. The van der Waals surface area contributed by atoms with Crippen molar-refractivity contribution < 1.29 is 24.2 Å². The number of aromatic carboxylic acids is 1. The first-order valence-electron chi connectivity index (χ1n) is 12.5. The van der Waals surface area contributed by atoms with Crippen LogP contribution in [0.1, 0.15) is 81.3 Å². The van der Waals surface area contributed by atoms with Gasteiger partial charge in [0.2, 0.25) is 5.91 Å². The topological polar surface area (TPSA) is 91.0 Å². The van der Waals surface area contributed by atoms with Crippen LogP contribution in [0.4, 0.5) is 5.69 Å². The molecule has 0 spiro atoms. The summed E-state index contributed by atoms with van der Waals surface area (Å²) in [4.78, 5) is 27.6. The lowest BCUT2D eigenvalue weighted by molar-refractivity contribution is -0.123. The van der Waals surface area contributed by atoms with Gasteiger partial charge >= 0.3 is 5.97 Å². The second kappa shape index (κ2) is 8.73. The van der Waals surface area contributed by atoms with Crippen LogP contribution in [0.3, 0.4) is 0 Å². The third-order valence-corrected chi connectivity index (χ3v) is 7.63. The van der Waals surface area contributed by atoms with Gasteiger partial charge < -0.3 is 19.5 Å². The maximum Gasteiger partial charge on any atom is 0.337 e. The monoisotopic (exact) mass is 463 g/mol. The lowest BCUT2D eigenvalue weighted by atomic mass is 9.82. The van der Waals surface area contributed by atoms with Crippen molar-refractivity contribution in [2.75, 3.05) is 4.90 Å². The van der Waals surface area contributed by atoms with Crippen LogP contribution >= 0.6 is 0 Å². The van der Waals surface area contributed by atoms with Crippen molar-refractivity contribution in [2.24, 2.45) is 17.8 Å². The second-order valence-corrected chi connectivity index (χ2v) is 10.6. The van der Waals surface area contributed by atoms with E-state index in [9.17, 15) is 19.8 Å². The minimum atomic E-state index is -1.09. The van der Waals surface area contributed by atoms with Crippen LogP contribution in [0.5, 0.6) is 0 Å². The molecule has 2 N–H and O–H groups in total. The summed E-state index contributed by atoms with van der Waals surface area (Å²) in [5.41, 5.74) is 2.43. The Balaban J connectivity index is 1.63. The van der Waals surface area contributed by atoms with Gasteiger partial charge in [-0.3, -0.25) is 4.79 Å². The summed E-state index contributed by atoms with van der Waals surface area (Å²) in [6.45, 7) is 6.07. The highest BCUT2D eigenvalue weighted by Crippen LogP contribution is 2.43. The summed E-state index contributed by atoms with van der Waals surface area (Å²) in [5, 5.41) is 22.3. The number of carboxylic acids is 1. The molecule has 1 unspecified atom stereocenters. The van der Waals surface area contributed by atoms with Gasteiger partial charge in [-0.25, -0.2) is 4.79 Å². The van der Waals surface area contributed by atoms with Crippen LogP contribution in [0, 0.1) is 17.8 Å². The molecule has 0 bridgehead atoms. The van der Waals surface area contributed by atoms with Crippen LogP contribution in [0.2, 0.25) is 0 Å². The van der Waals surface area contributed by atoms with Crippen LogP contribution in [0.15, 0.2) is 34.7 Å². The van der Waals surface area contributed by atoms with Gasteiger partial charge in [-0.05, 0) is 94.0 Å². The zero-order valence-electron chi connectivity index (χ0n) is 20.1. The molecule has 0 aliphatic heterocycles. The number of anilines is 1. The lowest BCUT2D eigenvalue weighted by Crippen LogP contribution is -2.42. The fourth-order valence-corrected chi connectivity index (χ4v) is 5.42. The number of furan rings is 1. The Morgan fingerprint density at radius 3 is 2.26 bits per heavy atom. The van der Waals surface area contributed by atoms with E-state index in [1.165, 1.54) is 6.07 Å². The number of hydrogen-bond donors (Lipinski definition) is 2. The molecular formula is C28H33NO5. The zero-order chi connectivity index (χ0) is 24.1. The molecule has 5 rings (SSSR count). The molecule has 0 saturated heterocycles. The smallest absolute Gasteiger partial charge is 0.337 e. The van der Waals surface area contributed by atoms with E-state index in [2.05, 4.69) is 6.92 Å². The van der Waals surface area contributed by atoms with Gasteiger partial charge in [0, 0.05) is 22.7 Å². The van der Waals surface area contributed by atoms with Crippen molar-refractivity contribution in [1.82, 2.24) is 0 Å². The van der Waals surface area contributed by atoms with Gasteiger partial charge in [0.15, 0.2) is 0 Å². The number of rotatable bonds is 6. The summed E-state index contributed by atoms with van der Waals surface area (Å²) >= 11 is 0. The van der Waals surface area contributed by atoms with Crippen molar-refractivity contribution >= 4 is 39.5 Å². The fourth-order valence-electron chi connectivity index (χ4n) is 5.42. The Labute approximate surface area is 199 Å². The number of aliphatic hydroxyl groups is 1. The van der Waals surface area contributed by atoms with Crippen molar-refractivity contribution in [3.8, 4) is 0 Å². The molecule has 3 aromatic rings. The summed E-state index contributed by atoms with van der Waals surface area (Å²) in [6.07, 6.45) is 5.27. The summed E-state index contributed by atoms with van der Waals surface area (Å²) < 4.78 is 5.99. The number of nitrogens with zero attached hydrogens (tertiary/aromatic N) is 1. The number of fused-ring (bicyclic) bond motifs is 3. The molecular weight excluding hydrogens is 430 g/mol. The van der Waals surface area contributed by atoms with Crippen LogP contribution in [-0.2, 0) is 4.79 Å². The lowest BCUT2D eigenvalue weighted by Gasteiger charge is -2.34. The third kappa shape index (κ3) is 4.09. The van der Waals surface area contributed by atoms with Crippen LogP contribution in [0.25, 0.3) is 21.9 Å². The predicted octanol–water partition coefficient (Wildman–Crippen LogP) is 6.30. The van der Waals surface area contributed by atoms with Crippen molar-refractivity contribution in [2.45, 2.75) is 71.4 Å². The first kappa shape index (κ1) is 22.9. The minimum Gasteiger partial charge on any atom is -0.478 e. The number of carbonyl (C=O) groups is 2. The van der Waals surface area contributed by atoms with Crippen LogP contribution in [-0.4, -0.2) is 28.1 Å². The molecule has 0 radical (unpaired) electrons. The Morgan fingerprint density at radius 1 is 0.971 bits per heavy atom. The number of benzene rings is 2. The van der Waals surface area contributed by atoms with E-state index >= 15 is 0 Å². The molecule has 2 fully saturated rings. The van der Waals surface area contributed by atoms with E-state index in [4.69, 9.17) is 4.42 Å². The number of aliphatic hydroxyl groups excluding tert-OH is 1. The summed E-state index contributed by atoms with van der Waals surface area (Å²) in [7, 11) is 0. The van der Waals surface area contributed by atoms with Gasteiger partial charge in [0.05, 0.1) is 17.4 Å². The van der Waals surface area contributed by atoms with Gasteiger partial charge in [0.25, 0.3) is 0 Å². The van der Waals surface area contributed by atoms with Gasteiger partial charge in [-0.15, -0.1) is 0 Å². The summed E-state index contributed by atoms with van der Waals surface area (Å²) in [6, 6.07) is 8.80. The van der Waals surface area contributed by atoms with E-state index in [-0.39, 0.29) is 23.4 Å². The highest BCUT2D eigenvalue weighted by molar-refractivity contribution is 6.12. The van der Waals surface area contributed by atoms with Crippen molar-refractivity contribution in [3.63, 3.8) is 0 Å². The SMILES string of the molecule is CC1CCC(C(=O)N(c2cc3c(cc2C(=O)O)oc2ccc(C(O)C4CC4)cc23)C(C)C)CC1. The van der Waals surface area contributed by atoms with E-state index < -0.39 is 12.1 Å². The van der Waals surface area contributed by atoms with E-state index in [1.807, 2.05) is 32.0 Å². The number of carbonyl (C=O) groups excluding carboxylic acids is 1. The van der Waals surface area contributed by atoms with E-state index in [1.54, 1.807) is 11.0 Å². The zero-order valence-corrected chi connectivity index (χ0v) is 20.1. The van der Waals surface area contributed by atoms with Gasteiger partial charge in [-0.1, -0.05) is 13.0 Å². The molecule has 6 heteroatoms. The molecule has 1 aromatic heterocycles. The van der Waals surface area contributed by atoms with E-state index in [0.717, 1.165) is 54.9 Å². The molecule has 1 atom stereocenters. The molecule has 34 heavy (non-hydrogen) atoms. The number of amides is 1. The molecule has 2 aromatic carbocycles. The number of hydrogen-bond acceptors (Lipinski definition) is 4. The Kier molecular flexibility index (Phi) is 5.88. The largest absolute Gasteiger partial charge is 0.478 e. The van der Waals surface area contributed by atoms with Crippen LogP contribution < -0.4 is 4.90 Å². The first-order valence-corrected chi connectivity index (χ1v) is 12.5. The Hall–Kier alpha value is -2.86. The second-order valence-electron chi connectivity index (χ2n) is 10.6. The van der Waals surface area contributed by atoms with Crippen molar-refractivity contribution in [1.29, 1.82) is 0 Å². The Bertz CT molecular complexity index is 1250. The molecule has 1 heterocycles. The third-order valence-electron chi connectivity index (χ3n) is 7.63.